The fourth-order valence-corrected chi connectivity index (χ4v) is 1.78. The number of carbonyl (C=O) groups is 1. The Morgan fingerprint density at radius 1 is 1.43 bits per heavy atom. The van der Waals surface area contributed by atoms with Crippen molar-refractivity contribution in [1.82, 2.24) is 9.97 Å². The molecule has 0 radical (unpaired) electrons. The van der Waals surface area contributed by atoms with Gasteiger partial charge in [0.15, 0.2) is 0 Å². The molecule has 7 heteroatoms. The van der Waals surface area contributed by atoms with Crippen molar-refractivity contribution in [2.45, 2.75) is 13.3 Å². The number of nitrogens with one attached hydrogen (secondary N) is 1. The Morgan fingerprint density at radius 2 is 2.24 bits per heavy atom. The first kappa shape index (κ1) is 15.1. The number of carboxylic acids is 1. The van der Waals surface area contributed by atoms with Gasteiger partial charge in [-0.15, -0.1) is 0 Å². The maximum Gasteiger partial charge on any atom is 0.337 e. The number of carboxylic acid groups (broad SMARTS) is 1. The number of hydrogen-bond donors (Lipinski definition) is 2. The lowest BCUT2D eigenvalue weighted by atomic mass is 10.2. The topological polar surface area (TPSA) is 84.3 Å². The zero-order valence-electron chi connectivity index (χ0n) is 11.3. The fraction of sp³-hybridized carbons (Fsp3) is 0.214. The molecule has 0 aliphatic heterocycles. The maximum atomic E-state index is 11.0. The van der Waals surface area contributed by atoms with Gasteiger partial charge in [-0.25, -0.2) is 9.78 Å². The van der Waals surface area contributed by atoms with Crippen molar-refractivity contribution in [3.63, 3.8) is 0 Å². The summed E-state index contributed by atoms with van der Waals surface area (Å²) in [7, 11) is 0. The Hall–Kier alpha value is -2.34. The van der Waals surface area contributed by atoms with Crippen molar-refractivity contribution in [2.24, 2.45) is 0 Å². The van der Waals surface area contributed by atoms with Gasteiger partial charge in [0, 0.05) is 18.0 Å². The van der Waals surface area contributed by atoms with Crippen LogP contribution in [0.4, 0.5) is 11.6 Å². The number of aromatic nitrogens is 2. The van der Waals surface area contributed by atoms with Gasteiger partial charge in [0.1, 0.15) is 0 Å². The van der Waals surface area contributed by atoms with Crippen LogP contribution in [0.1, 0.15) is 23.7 Å². The molecule has 0 fully saturated rings. The van der Waals surface area contributed by atoms with Crippen molar-refractivity contribution in [1.29, 1.82) is 0 Å². The van der Waals surface area contributed by atoms with E-state index in [0.717, 1.165) is 6.42 Å². The molecular formula is C14H14ClN3O3. The molecule has 1 aromatic carbocycles. The molecule has 0 saturated carbocycles. The summed E-state index contributed by atoms with van der Waals surface area (Å²) >= 11 is 5.82. The second-order valence-corrected chi connectivity index (χ2v) is 4.60. The summed E-state index contributed by atoms with van der Waals surface area (Å²) in [6.45, 7) is 2.57. The van der Waals surface area contributed by atoms with Crippen molar-refractivity contribution in [2.75, 3.05) is 11.9 Å². The van der Waals surface area contributed by atoms with E-state index in [-0.39, 0.29) is 10.6 Å². The van der Waals surface area contributed by atoms with E-state index in [9.17, 15) is 4.79 Å². The molecule has 0 unspecified atom stereocenters. The fourth-order valence-electron chi connectivity index (χ4n) is 1.59. The number of anilines is 2. The van der Waals surface area contributed by atoms with Crippen LogP contribution >= 0.6 is 11.6 Å². The van der Waals surface area contributed by atoms with E-state index in [1.165, 1.54) is 12.1 Å². The molecule has 110 valence electrons. The number of rotatable bonds is 6. The summed E-state index contributed by atoms with van der Waals surface area (Å²) in [5, 5.41) is 12.1. The zero-order chi connectivity index (χ0) is 15.2. The van der Waals surface area contributed by atoms with Crippen molar-refractivity contribution in [3.05, 3.63) is 41.0 Å². The number of benzene rings is 1. The molecule has 1 aromatic heterocycles. The highest BCUT2D eigenvalue weighted by Gasteiger charge is 2.10. The lowest BCUT2D eigenvalue weighted by Crippen LogP contribution is -2.03. The minimum Gasteiger partial charge on any atom is -0.478 e. The Balaban J connectivity index is 2.18. The average Bonchev–Trinajstić information content (AvgIpc) is 2.47. The van der Waals surface area contributed by atoms with Crippen LogP contribution in [-0.2, 0) is 0 Å². The summed E-state index contributed by atoms with van der Waals surface area (Å²) in [6, 6.07) is 6.24. The average molecular weight is 308 g/mol. The molecule has 2 aromatic rings. The van der Waals surface area contributed by atoms with E-state index in [1.807, 2.05) is 6.92 Å². The van der Waals surface area contributed by atoms with Crippen molar-refractivity contribution < 1.29 is 14.6 Å². The molecule has 0 atom stereocenters. The second-order valence-electron chi connectivity index (χ2n) is 4.19. The van der Waals surface area contributed by atoms with Crippen LogP contribution in [0.3, 0.4) is 0 Å². The molecule has 2 N–H and O–H groups in total. The molecule has 0 bridgehead atoms. The normalized spacial score (nSPS) is 10.2. The molecule has 0 saturated heterocycles. The van der Waals surface area contributed by atoms with Crippen LogP contribution in [0.2, 0.25) is 5.02 Å². The van der Waals surface area contributed by atoms with Gasteiger partial charge in [-0.2, -0.15) is 4.98 Å². The standard InChI is InChI=1S/C14H14ClN3O3/c1-2-7-21-12-5-6-16-14(18-12)17-9-3-4-11(15)10(8-9)13(19)20/h3-6,8H,2,7H2,1H3,(H,19,20)(H,16,17,18). The quantitative estimate of drug-likeness (QED) is 0.851. The van der Waals surface area contributed by atoms with Gasteiger partial charge in [0.25, 0.3) is 0 Å². The van der Waals surface area contributed by atoms with Crippen molar-refractivity contribution >= 4 is 29.2 Å². The van der Waals surface area contributed by atoms with E-state index < -0.39 is 5.97 Å². The van der Waals surface area contributed by atoms with Crippen LogP contribution in [0.15, 0.2) is 30.5 Å². The zero-order valence-corrected chi connectivity index (χ0v) is 12.1. The first-order valence-corrected chi connectivity index (χ1v) is 6.73. The number of aromatic carboxylic acids is 1. The van der Waals surface area contributed by atoms with Crippen LogP contribution < -0.4 is 10.1 Å². The lowest BCUT2D eigenvalue weighted by molar-refractivity contribution is 0.0697. The minimum atomic E-state index is -1.09. The third-order valence-electron chi connectivity index (χ3n) is 2.54. The predicted molar refractivity (Wildman–Crippen MR) is 79.5 cm³/mol. The molecule has 0 spiro atoms. The third-order valence-corrected chi connectivity index (χ3v) is 2.87. The maximum absolute atomic E-state index is 11.0. The molecule has 0 aliphatic carbocycles. The van der Waals surface area contributed by atoms with E-state index in [0.29, 0.717) is 24.1 Å². The minimum absolute atomic E-state index is 0.0139. The highest BCUT2D eigenvalue weighted by atomic mass is 35.5. The summed E-state index contributed by atoms with van der Waals surface area (Å²) < 4.78 is 5.41. The van der Waals surface area contributed by atoms with Crippen LogP contribution in [-0.4, -0.2) is 27.7 Å². The van der Waals surface area contributed by atoms with E-state index in [4.69, 9.17) is 21.4 Å². The first-order chi connectivity index (χ1) is 10.1. The van der Waals surface area contributed by atoms with Crippen molar-refractivity contribution in [3.8, 4) is 5.88 Å². The lowest BCUT2D eigenvalue weighted by Gasteiger charge is -2.08. The highest BCUT2D eigenvalue weighted by molar-refractivity contribution is 6.33. The predicted octanol–water partition coefficient (Wildman–Crippen LogP) is 3.36. The van der Waals surface area contributed by atoms with Crippen LogP contribution in [0.5, 0.6) is 5.88 Å². The second kappa shape index (κ2) is 6.90. The number of nitrogens with zero attached hydrogens (tertiary/aromatic N) is 2. The van der Waals surface area contributed by atoms with E-state index >= 15 is 0 Å². The third kappa shape index (κ3) is 4.06. The van der Waals surface area contributed by atoms with Gasteiger partial charge < -0.3 is 15.2 Å². The Kier molecular flexibility index (Phi) is 4.94. The van der Waals surface area contributed by atoms with Gasteiger partial charge in [-0.3, -0.25) is 0 Å². The van der Waals surface area contributed by atoms with Gasteiger partial charge in [0.2, 0.25) is 11.8 Å². The molecule has 0 aliphatic rings. The highest BCUT2D eigenvalue weighted by Crippen LogP contribution is 2.22. The Labute approximate surface area is 126 Å². The summed E-state index contributed by atoms with van der Waals surface area (Å²) in [4.78, 5) is 19.3. The number of hydrogen-bond acceptors (Lipinski definition) is 5. The summed E-state index contributed by atoms with van der Waals surface area (Å²) in [6.07, 6.45) is 2.44. The first-order valence-electron chi connectivity index (χ1n) is 6.36. The summed E-state index contributed by atoms with van der Waals surface area (Å²) in [5.74, 6) is -0.311. The Morgan fingerprint density at radius 3 is 2.95 bits per heavy atom. The monoisotopic (exact) mass is 307 g/mol. The summed E-state index contributed by atoms with van der Waals surface area (Å²) in [5.41, 5.74) is 0.546. The molecule has 21 heavy (non-hydrogen) atoms. The van der Waals surface area contributed by atoms with Crippen LogP contribution in [0, 0.1) is 0 Å². The molecule has 0 amide bonds. The molecule has 6 nitrogen and oxygen atoms in total. The van der Waals surface area contributed by atoms with Gasteiger partial charge in [-0.1, -0.05) is 18.5 Å². The Bertz CT molecular complexity index is 649. The number of halogens is 1. The molecular weight excluding hydrogens is 294 g/mol. The van der Waals surface area contributed by atoms with Gasteiger partial charge >= 0.3 is 5.97 Å². The smallest absolute Gasteiger partial charge is 0.337 e. The number of ether oxygens (including phenoxy) is 1. The van der Waals surface area contributed by atoms with E-state index in [1.54, 1.807) is 18.3 Å². The SMILES string of the molecule is CCCOc1ccnc(Nc2ccc(Cl)c(C(=O)O)c2)n1. The molecule has 1 heterocycles. The van der Waals surface area contributed by atoms with Gasteiger partial charge in [-0.05, 0) is 24.6 Å². The molecule has 2 rings (SSSR count). The van der Waals surface area contributed by atoms with Gasteiger partial charge in [0.05, 0.1) is 17.2 Å². The largest absolute Gasteiger partial charge is 0.478 e. The van der Waals surface area contributed by atoms with Crippen LogP contribution in [0.25, 0.3) is 0 Å². The van der Waals surface area contributed by atoms with E-state index in [2.05, 4.69) is 15.3 Å².